The highest BCUT2D eigenvalue weighted by molar-refractivity contribution is 7.89. The number of carbonyl (C=O) groups is 1. The summed E-state index contributed by atoms with van der Waals surface area (Å²) < 4.78 is 67.3. The second-order valence-corrected chi connectivity index (χ2v) is 6.53. The molecule has 122 valence electrons. The lowest BCUT2D eigenvalue weighted by molar-refractivity contribution is -0.138. The highest BCUT2D eigenvalue weighted by Crippen LogP contribution is 2.38. The van der Waals surface area contributed by atoms with Crippen molar-refractivity contribution in [2.75, 3.05) is 6.54 Å². The van der Waals surface area contributed by atoms with Crippen LogP contribution in [0.5, 0.6) is 5.75 Å². The summed E-state index contributed by atoms with van der Waals surface area (Å²) in [5.41, 5.74) is 0. The van der Waals surface area contributed by atoms with Crippen LogP contribution in [0.25, 0.3) is 0 Å². The average molecular weight is 339 g/mol. The Morgan fingerprint density at radius 2 is 2.14 bits per heavy atom. The zero-order valence-electron chi connectivity index (χ0n) is 11.0. The zero-order valence-corrected chi connectivity index (χ0v) is 11.8. The van der Waals surface area contributed by atoms with Gasteiger partial charge in [-0.1, -0.05) is 0 Å². The van der Waals surface area contributed by atoms with Crippen LogP contribution in [0, 0.1) is 17.7 Å². The molecule has 1 aliphatic carbocycles. The molecule has 1 aromatic carbocycles. The number of hydrogen-bond acceptors (Lipinski definition) is 4. The number of ether oxygens (including phenoxy) is 1. The van der Waals surface area contributed by atoms with Crippen LogP contribution in [-0.4, -0.2) is 32.6 Å². The largest absolute Gasteiger partial charge is 0.481 e. The van der Waals surface area contributed by atoms with E-state index in [0.29, 0.717) is 12.5 Å². The molecule has 1 fully saturated rings. The quantitative estimate of drug-likeness (QED) is 0.784. The first kappa shape index (κ1) is 16.6. The Hall–Kier alpha value is -1.81. The molecule has 10 heteroatoms. The number of sulfonamides is 1. The molecule has 1 saturated carbocycles. The van der Waals surface area contributed by atoms with Gasteiger partial charge in [0.15, 0.2) is 11.6 Å². The Bertz CT molecular complexity index is 679. The van der Waals surface area contributed by atoms with Gasteiger partial charge in [0.05, 0.1) is 10.8 Å². The molecule has 2 rings (SSSR count). The van der Waals surface area contributed by atoms with E-state index in [0.717, 1.165) is 12.1 Å². The van der Waals surface area contributed by atoms with Gasteiger partial charge in [0, 0.05) is 6.54 Å². The number of nitrogens with one attached hydrogen (secondary N) is 1. The number of rotatable bonds is 7. The van der Waals surface area contributed by atoms with Crippen LogP contribution in [0.2, 0.25) is 0 Å². The molecule has 0 unspecified atom stereocenters. The van der Waals surface area contributed by atoms with Crippen LogP contribution >= 0.6 is 0 Å². The van der Waals surface area contributed by atoms with Crippen molar-refractivity contribution in [1.82, 2.24) is 4.72 Å². The fourth-order valence-electron chi connectivity index (χ4n) is 1.92. The SMILES string of the molecule is O=C(O)[C@@H]1C[C@@H]1CNS(=O)(=O)c1ccc(OC(F)F)c(F)c1. The molecule has 2 atom stereocenters. The van der Waals surface area contributed by atoms with Gasteiger partial charge in [0.25, 0.3) is 0 Å². The number of carboxylic acids is 1. The topological polar surface area (TPSA) is 92.7 Å². The minimum absolute atomic E-state index is 0.0871. The van der Waals surface area contributed by atoms with Crippen LogP contribution in [0.1, 0.15) is 6.42 Å². The maximum Gasteiger partial charge on any atom is 0.387 e. The number of benzene rings is 1. The van der Waals surface area contributed by atoms with E-state index in [2.05, 4.69) is 9.46 Å². The molecule has 0 saturated heterocycles. The third-order valence-electron chi connectivity index (χ3n) is 3.21. The van der Waals surface area contributed by atoms with Gasteiger partial charge in [0.2, 0.25) is 10.0 Å². The number of carboxylic acid groups (broad SMARTS) is 1. The molecule has 0 spiro atoms. The van der Waals surface area contributed by atoms with Gasteiger partial charge in [-0.05, 0) is 30.5 Å². The van der Waals surface area contributed by atoms with Gasteiger partial charge in [-0.2, -0.15) is 8.78 Å². The summed E-state index contributed by atoms with van der Waals surface area (Å²) >= 11 is 0. The standard InChI is InChI=1S/C12H12F3NO5S/c13-9-4-7(1-2-10(9)21-12(14)15)22(19,20)16-5-6-3-8(6)11(17)18/h1-2,4,6,8,12,16H,3,5H2,(H,17,18)/t6-,8-/m1/s1. The van der Waals surface area contributed by atoms with E-state index in [1.54, 1.807) is 0 Å². The second kappa shape index (κ2) is 6.13. The normalized spacial score (nSPS) is 20.9. The number of halogens is 3. The summed E-state index contributed by atoms with van der Waals surface area (Å²) in [5.74, 6) is -3.89. The number of alkyl halides is 2. The Kier molecular flexibility index (Phi) is 4.61. The lowest BCUT2D eigenvalue weighted by Gasteiger charge is -2.09. The third kappa shape index (κ3) is 3.89. The Morgan fingerprint density at radius 3 is 2.64 bits per heavy atom. The van der Waals surface area contributed by atoms with Crippen LogP contribution in [0.15, 0.2) is 23.1 Å². The zero-order chi connectivity index (χ0) is 16.5. The van der Waals surface area contributed by atoms with Crippen molar-refractivity contribution in [3.05, 3.63) is 24.0 Å². The molecule has 22 heavy (non-hydrogen) atoms. The van der Waals surface area contributed by atoms with Gasteiger partial charge in [-0.3, -0.25) is 4.79 Å². The first-order valence-corrected chi connectivity index (χ1v) is 7.66. The Labute approximate surface area is 123 Å². The Morgan fingerprint density at radius 1 is 1.45 bits per heavy atom. The van der Waals surface area contributed by atoms with Crippen molar-refractivity contribution < 1.29 is 36.2 Å². The van der Waals surface area contributed by atoms with Crippen LogP contribution in [0.3, 0.4) is 0 Å². The first-order valence-electron chi connectivity index (χ1n) is 6.17. The molecule has 6 nitrogen and oxygen atoms in total. The molecule has 0 aromatic heterocycles. The maximum atomic E-state index is 13.5. The van der Waals surface area contributed by atoms with Crippen LogP contribution in [0.4, 0.5) is 13.2 Å². The number of hydrogen-bond donors (Lipinski definition) is 2. The van der Waals surface area contributed by atoms with Gasteiger partial charge in [-0.15, -0.1) is 0 Å². The van der Waals surface area contributed by atoms with E-state index < -0.39 is 45.0 Å². The molecule has 1 aromatic rings. The van der Waals surface area contributed by atoms with E-state index in [1.165, 1.54) is 0 Å². The fraction of sp³-hybridized carbons (Fsp3) is 0.417. The average Bonchev–Trinajstić information content (AvgIpc) is 3.18. The minimum atomic E-state index is -4.06. The molecule has 0 radical (unpaired) electrons. The molecular weight excluding hydrogens is 327 g/mol. The van der Waals surface area contributed by atoms with Crippen molar-refractivity contribution in [3.8, 4) is 5.75 Å². The molecular formula is C12H12F3NO5S. The molecule has 2 N–H and O–H groups in total. The Balaban J connectivity index is 2.03. The van der Waals surface area contributed by atoms with Gasteiger partial charge < -0.3 is 9.84 Å². The number of aliphatic carboxylic acids is 1. The second-order valence-electron chi connectivity index (χ2n) is 4.76. The van der Waals surface area contributed by atoms with Crippen molar-refractivity contribution >= 4 is 16.0 Å². The predicted octanol–water partition coefficient (Wildman–Crippen LogP) is 1.43. The van der Waals surface area contributed by atoms with Crippen molar-refractivity contribution in [3.63, 3.8) is 0 Å². The first-order chi connectivity index (χ1) is 10.2. The summed E-state index contributed by atoms with van der Waals surface area (Å²) in [6, 6.07) is 2.26. The predicted molar refractivity (Wildman–Crippen MR) is 67.5 cm³/mol. The van der Waals surface area contributed by atoms with E-state index in [-0.39, 0.29) is 12.5 Å². The van der Waals surface area contributed by atoms with Gasteiger partial charge in [0.1, 0.15) is 0 Å². The molecule has 0 aliphatic heterocycles. The van der Waals surface area contributed by atoms with Gasteiger partial charge in [-0.25, -0.2) is 17.5 Å². The lowest BCUT2D eigenvalue weighted by atomic mass is 10.3. The lowest BCUT2D eigenvalue weighted by Crippen LogP contribution is -2.27. The summed E-state index contributed by atoms with van der Waals surface area (Å²) in [6.07, 6.45) is 0.368. The highest BCUT2D eigenvalue weighted by Gasteiger charge is 2.43. The molecule has 1 aliphatic rings. The summed E-state index contributed by atoms with van der Waals surface area (Å²) in [5, 5.41) is 8.71. The van der Waals surface area contributed by atoms with Crippen molar-refractivity contribution in [2.24, 2.45) is 11.8 Å². The molecule has 0 amide bonds. The summed E-state index contributed by atoms with van der Waals surface area (Å²) in [6.45, 7) is -3.31. The maximum absolute atomic E-state index is 13.5. The molecule has 0 bridgehead atoms. The summed E-state index contributed by atoms with van der Waals surface area (Å²) in [4.78, 5) is 10.2. The minimum Gasteiger partial charge on any atom is -0.481 e. The monoisotopic (exact) mass is 339 g/mol. The van der Waals surface area contributed by atoms with E-state index in [9.17, 15) is 26.4 Å². The van der Waals surface area contributed by atoms with Crippen LogP contribution in [-0.2, 0) is 14.8 Å². The third-order valence-corrected chi connectivity index (χ3v) is 4.63. The van der Waals surface area contributed by atoms with Gasteiger partial charge >= 0.3 is 12.6 Å². The van der Waals surface area contributed by atoms with E-state index in [4.69, 9.17) is 5.11 Å². The van der Waals surface area contributed by atoms with E-state index in [1.807, 2.05) is 0 Å². The highest BCUT2D eigenvalue weighted by atomic mass is 32.2. The smallest absolute Gasteiger partial charge is 0.387 e. The van der Waals surface area contributed by atoms with Crippen LogP contribution < -0.4 is 9.46 Å². The van der Waals surface area contributed by atoms with E-state index >= 15 is 0 Å². The molecule has 0 heterocycles. The van der Waals surface area contributed by atoms with Crippen molar-refractivity contribution in [2.45, 2.75) is 17.9 Å². The fourth-order valence-corrected chi connectivity index (χ4v) is 3.02. The summed E-state index contributed by atoms with van der Waals surface area (Å²) in [7, 11) is -4.06. The van der Waals surface area contributed by atoms with Crippen molar-refractivity contribution in [1.29, 1.82) is 0 Å².